The topological polar surface area (TPSA) is 71.1 Å². The van der Waals surface area contributed by atoms with Gasteiger partial charge in [-0.05, 0) is 19.4 Å². The van der Waals surface area contributed by atoms with Crippen molar-refractivity contribution in [3.63, 3.8) is 0 Å². The van der Waals surface area contributed by atoms with Crippen LogP contribution in [0, 0.1) is 0 Å². The van der Waals surface area contributed by atoms with Gasteiger partial charge in [0.15, 0.2) is 0 Å². The lowest BCUT2D eigenvalue weighted by Crippen LogP contribution is -2.54. The quantitative estimate of drug-likeness (QED) is 0.380. The zero-order valence-corrected chi connectivity index (χ0v) is 12.1. The van der Waals surface area contributed by atoms with Crippen molar-refractivity contribution >= 4 is 5.84 Å². The molecule has 1 heterocycles. The van der Waals surface area contributed by atoms with Gasteiger partial charge in [-0.3, -0.25) is 4.90 Å². The number of nitrogens with zero attached hydrogens (tertiary/aromatic N) is 2. The third kappa shape index (κ3) is 3.29. The molecule has 0 bridgehead atoms. The largest absolute Gasteiger partial charge is 0.409 e. The van der Waals surface area contributed by atoms with Gasteiger partial charge in [0, 0.05) is 18.6 Å². The number of morpholine rings is 1. The molecule has 0 amide bonds. The van der Waals surface area contributed by atoms with E-state index in [0.29, 0.717) is 6.61 Å². The van der Waals surface area contributed by atoms with Gasteiger partial charge in [0.1, 0.15) is 5.84 Å². The van der Waals surface area contributed by atoms with E-state index >= 15 is 0 Å². The minimum atomic E-state index is -0.112. The molecule has 2 rings (SSSR count). The number of hydrogen-bond acceptors (Lipinski definition) is 4. The third-order valence-electron chi connectivity index (χ3n) is 3.89. The van der Waals surface area contributed by atoms with Crippen molar-refractivity contribution < 1.29 is 9.94 Å². The summed E-state index contributed by atoms with van der Waals surface area (Å²) in [6, 6.07) is 9.92. The molecule has 0 aromatic heterocycles. The Labute approximate surface area is 120 Å². The lowest BCUT2D eigenvalue weighted by molar-refractivity contribution is -0.0512. The molecule has 0 radical (unpaired) electrons. The van der Waals surface area contributed by atoms with E-state index in [1.807, 2.05) is 30.3 Å². The van der Waals surface area contributed by atoms with Crippen molar-refractivity contribution in [2.24, 2.45) is 10.9 Å². The minimum absolute atomic E-state index is 0.0407. The molecule has 110 valence electrons. The summed E-state index contributed by atoms with van der Waals surface area (Å²) in [5, 5.41) is 12.3. The maximum Gasteiger partial charge on any atom is 0.147 e. The molecule has 3 N–H and O–H groups in total. The summed E-state index contributed by atoms with van der Waals surface area (Å²) in [4.78, 5) is 2.34. The van der Waals surface area contributed by atoms with Crippen LogP contribution in [0.15, 0.2) is 35.5 Å². The molecule has 1 atom stereocenters. The van der Waals surface area contributed by atoms with Crippen LogP contribution >= 0.6 is 0 Å². The lowest BCUT2D eigenvalue weighted by Gasteiger charge is -2.43. The average Bonchev–Trinajstić information content (AvgIpc) is 2.46. The summed E-state index contributed by atoms with van der Waals surface area (Å²) in [6.45, 7) is 7.30. The van der Waals surface area contributed by atoms with Gasteiger partial charge in [0.25, 0.3) is 0 Å². The Kier molecular flexibility index (Phi) is 4.62. The first kappa shape index (κ1) is 14.8. The number of benzene rings is 1. The van der Waals surface area contributed by atoms with Crippen molar-refractivity contribution in [1.29, 1.82) is 0 Å². The molecule has 1 fully saturated rings. The Morgan fingerprint density at radius 1 is 1.45 bits per heavy atom. The highest BCUT2D eigenvalue weighted by Gasteiger charge is 2.33. The fraction of sp³-hybridized carbons (Fsp3) is 0.533. The SMILES string of the molecule is CC1(C)COCCN1CC(C(N)=NO)c1ccccc1. The Balaban J connectivity index is 2.20. The number of amidine groups is 1. The van der Waals surface area contributed by atoms with Crippen LogP contribution in [0.2, 0.25) is 0 Å². The van der Waals surface area contributed by atoms with E-state index in [1.54, 1.807) is 0 Å². The summed E-state index contributed by atoms with van der Waals surface area (Å²) < 4.78 is 5.54. The molecule has 1 unspecified atom stereocenters. The van der Waals surface area contributed by atoms with Gasteiger partial charge in [-0.15, -0.1) is 0 Å². The molecule has 0 spiro atoms. The highest BCUT2D eigenvalue weighted by Crippen LogP contribution is 2.24. The fourth-order valence-electron chi connectivity index (χ4n) is 2.57. The molecule has 5 nitrogen and oxygen atoms in total. The molecule has 5 heteroatoms. The third-order valence-corrected chi connectivity index (χ3v) is 3.89. The molecule has 1 aliphatic rings. The summed E-state index contributed by atoms with van der Waals surface area (Å²) >= 11 is 0. The number of nitrogens with two attached hydrogens (primary N) is 1. The Bertz CT molecular complexity index is 459. The van der Waals surface area contributed by atoms with Gasteiger partial charge in [-0.2, -0.15) is 0 Å². The van der Waals surface area contributed by atoms with E-state index in [9.17, 15) is 0 Å². The fourth-order valence-corrected chi connectivity index (χ4v) is 2.57. The van der Waals surface area contributed by atoms with E-state index in [-0.39, 0.29) is 17.3 Å². The summed E-state index contributed by atoms with van der Waals surface area (Å²) in [6.07, 6.45) is 0. The molecular formula is C15H23N3O2. The van der Waals surface area contributed by atoms with Crippen LogP contribution in [-0.4, -0.2) is 47.8 Å². The zero-order valence-electron chi connectivity index (χ0n) is 12.1. The molecular weight excluding hydrogens is 254 g/mol. The molecule has 0 saturated carbocycles. The highest BCUT2D eigenvalue weighted by molar-refractivity contribution is 5.87. The molecule has 1 aromatic rings. The van der Waals surface area contributed by atoms with E-state index in [2.05, 4.69) is 23.9 Å². The average molecular weight is 277 g/mol. The smallest absolute Gasteiger partial charge is 0.147 e. The van der Waals surface area contributed by atoms with Gasteiger partial charge in [0.2, 0.25) is 0 Å². The van der Waals surface area contributed by atoms with Crippen LogP contribution in [0.5, 0.6) is 0 Å². The second-order valence-electron chi connectivity index (χ2n) is 5.80. The first-order valence-corrected chi connectivity index (χ1v) is 6.90. The Morgan fingerprint density at radius 3 is 2.75 bits per heavy atom. The van der Waals surface area contributed by atoms with Crippen LogP contribution in [0.4, 0.5) is 0 Å². The first-order chi connectivity index (χ1) is 9.54. The minimum Gasteiger partial charge on any atom is -0.409 e. The van der Waals surface area contributed by atoms with E-state index in [0.717, 1.165) is 25.3 Å². The highest BCUT2D eigenvalue weighted by atomic mass is 16.5. The number of oxime groups is 1. The molecule has 1 aromatic carbocycles. The van der Waals surface area contributed by atoms with Crippen molar-refractivity contribution in [1.82, 2.24) is 4.90 Å². The van der Waals surface area contributed by atoms with Gasteiger partial charge in [0.05, 0.1) is 19.1 Å². The summed E-state index contributed by atoms with van der Waals surface area (Å²) in [5.74, 6) is 0.136. The number of hydrogen-bond donors (Lipinski definition) is 2. The Hall–Kier alpha value is -1.59. The van der Waals surface area contributed by atoms with E-state index < -0.39 is 0 Å². The predicted octanol–water partition coefficient (Wildman–Crippen LogP) is 1.63. The normalized spacial score (nSPS) is 21.6. The van der Waals surface area contributed by atoms with Crippen molar-refractivity contribution in [3.8, 4) is 0 Å². The van der Waals surface area contributed by atoms with E-state index in [1.165, 1.54) is 0 Å². The van der Waals surface area contributed by atoms with Crippen LogP contribution in [0.1, 0.15) is 25.3 Å². The zero-order chi connectivity index (χ0) is 14.6. The first-order valence-electron chi connectivity index (χ1n) is 6.90. The van der Waals surface area contributed by atoms with Crippen LogP contribution in [-0.2, 0) is 4.74 Å². The van der Waals surface area contributed by atoms with Gasteiger partial charge < -0.3 is 15.7 Å². The van der Waals surface area contributed by atoms with Crippen molar-refractivity contribution in [2.45, 2.75) is 25.3 Å². The Morgan fingerprint density at radius 2 is 2.15 bits per heavy atom. The summed E-state index contributed by atoms with van der Waals surface area (Å²) in [7, 11) is 0. The standard InChI is InChI=1S/C15H23N3O2/c1-15(2)11-20-9-8-18(15)10-13(14(16)17-19)12-6-4-3-5-7-12/h3-7,13,19H,8-11H2,1-2H3,(H2,16,17). The molecule has 0 aliphatic carbocycles. The van der Waals surface area contributed by atoms with Crippen LogP contribution < -0.4 is 5.73 Å². The second-order valence-corrected chi connectivity index (χ2v) is 5.80. The van der Waals surface area contributed by atoms with Crippen molar-refractivity contribution in [2.75, 3.05) is 26.3 Å². The number of ether oxygens (including phenoxy) is 1. The van der Waals surface area contributed by atoms with Gasteiger partial charge >= 0.3 is 0 Å². The van der Waals surface area contributed by atoms with Gasteiger partial charge in [-0.1, -0.05) is 35.5 Å². The number of rotatable bonds is 4. The molecule has 20 heavy (non-hydrogen) atoms. The lowest BCUT2D eigenvalue weighted by atomic mass is 9.94. The monoisotopic (exact) mass is 277 g/mol. The van der Waals surface area contributed by atoms with Gasteiger partial charge in [-0.25, -0.2) is 0 Å². The van der Waals surface area contributed by atoms with Crippen LogP contribution in [0.3, 0.4) is 0 Å². The van der Waals surface area contributed by atoms with E-state index in [4.69, 9.17) is 15.7 Å². The predicted molar refractivity (Wildman–Crippen MR) is 79.1 cm³/mol. The van der Waals surface area contributed by atoms with Crippen LogP contribution in [0.25, 0.3) is 0 Å². The summed E-state index contributed by atoms with van der Waals surface area (Å²) in [5.41, 5.74) is 6.92. The molecule has 1 saturated heterocycles. The maximum atomic E-state index is 9.05. The van der Waals surface area contributed by atoms with Crippen molar-refractivity contribution in [3.05, 3.63) is 35.9 Å². The second kappa shape index (κ2) is 6.24. The maximum absolute atomic E-state index is 9.05. The molecule has 1 aliphatic heterocycles.